The van der Waals surface area contributed by atoms with Gasteiger partial charge in [0.1, 0.15) is 28.7 Å². The minimum absolute atomic E-state index is 0.147. The molecule has 3 aromatic carbocycles. The van der Waals surface area contributed by atoms with E-state index in [-0.39, 0.29) is 34.7 Å². The van der Waals surface area contributed by atoms with Gasteiger partial charge in [-0.3, -0.25) is 14.6 Å². The summed E-state index contributed by atoms with van der Waals surface area (Å²) >= 11 is 5.92. The van der Waals surface area contributed by atoms with Gasteiger partial charge in [-0.05, 0) is 55.5 Å². The van der Waals surface area contributed by atoms with Crippen molar-refractivity contribution in [3.05, 3.63) is 111 Å². The number of aliphatic hydroxyl groups is 1. The zero-order chi connectivity index (χ0) is 34.2. The van der Waals surface area contributed by atoms with Gasteiger partial charge < -0.3 is 26.2 Å². The van der Waals surface area contributed by atoms with E-state index in [1.165, 1.54) is 19.2 Å². The van der Waals surface area contributed by atoms with Crippen LogP contribution < -0.4 is 21.1 Å². The third-order valence-electron chi connectivity index (χ3n) is 8.19. The topological polar surface area (TPSA) is 139 Å². The quantitative estimate of drug-likeness (QED) is 0.0933. The molecule has 1 heterocycles. The molecule has 2 saturated carbocycles. The molecule has 2 fully saturated rings. The summed E-state index contributed by atoms with van der Waals surface area (Å²) in [6.45, 7) is -0.525. The first kappa shape index (κ1) is 33.0. The second-order valence-corrected chi connectivity index (χ2v) is 12.2. The molecule has 6 rings (SSSR count). The summed E-state index contributed by atoms with van der Waals surface area (Å²) in [5, 5.41) is 17.2. The van der Waals surface area contributed by atoms with E-state index >= 15 is 8.78 Å². The maximum Gasteiger partial charge on any atom is 0.254 e. The van der Waals surface area contributed by atoms with Gasteiger partial charge in [0, 0.05) is 35.0 Å². The summed E-state index contributed by atoms with van der Waals surface area (Å²) in [5.41, 5.74) is 3.12. The summed E-state index contributed by atoms with van der Waals surface area (Å²) in [4.78, 5) is 35.6. The largest absolute Gasteiger partial charge is 0.495 e. The Labute approximate surface area is 279 Å². The predicted octanol–water partition coefficient (Wildman–Crippen LogP) is 5.55. The third kappa shape index (κ3) is 6.85. The molecule has 48 heavy (non-hydrogen) atoms. The maximum atomic E-state index is 16.0. The minimum Gasteiger partial charge on any atom is -0.495 e. The first-order valence-electron chi connectivity index (χ1n) is 15.2. The molecule has 1 atom stereocenters. The number of hydrogen-bond donors (Lipinski definition) is 4. The summed E-state index contributed by atoms with van der Waals surface area (Å²) < 4.78 is 50.6. The molecule has 1 aromatic heterocycles. The van der Waals surface area contributed by atoms with Crippen molar-refractivity contribution in [2.45, 2.75) is 43.4 Å². The number of hydrogen-bond acceptors (Lipinski definition) is 7. The van der Waals surface area contributed by atoms with Crippen molar-refractivity contribution in [2.24, 2.45) is 4.99 Å². The van der Waals surface area contributed by atoms with Crippen molar-refractivity contribution in [1.29, 1.82) is 0 Å². The van der Waals surface area contributed by atoms with Crippen LogP contribution in [0.4, 0.5) is 18.9 Å². The van der Waals surface area contributed by atoms with E-state index in [9.17, 15) is 19.1 Å². The lowest BCUT2D eigenvalue weighted by Gasteiger charge is -2.30. The van der Waals surface area contributed by atoms with Crippen molar-refractivity contribution in [1.82, 2.24) is 15.6 Å². The van der Waals surface area contributed by atoms with Crippen LogP contribution in [0.15, 0.2) is 65.7 Å². The SMILES string of the molecule is COc1cc(C(=O)NC[C@@](O)(c2ccccc2)c2cc(C(=O)NC3CC3)c(F)c(-c3cc(Cl)c(F)cc3F)n2)cc(C=NC2CC2)c1N. The number of carbonyl (C=O) groups excluding carboxylic acids is 2. The van der Waals surface area contributed by atoms with E-state index < -0.39 is 63.3 Å². The number of aromatic nitrogens is 1. The fraction of sp³-hybridized carbons (Fsp3) is 0.257. The molecule has 0 bridgehead atoms. The van der Waals surface area contributed by atoms with Crippen molar-refractivity contribution >= 4 is 35.3 Å². The monoisotopic (exact) mass is 677 g/mol. The number of nitrogens with zero attached hydrogens (tertiary/aromatic N) is 2. The minimum atomic E-state index is -2.19. The first-order chi connectivity index (χ1) is 23.0. The van der Waals surface area contributed by atoms with Crippen LogP contribution in [0.3, 0.4) is 0 Å². The van der Waals surface area contributed by atoms with Gasteiger partial charge in [0.25, 0.3) is 11.8 Å². The second kappa shape index (κ2) is 13.3. The second-order valence-electron chi connectivity index (χ2n) is 11.8. The number of benzene rings is 3. The molecule has 9 nitrogen and oxygen atoms in total. The molecule has 2 aliphatic carbocycles. The fourth-order valence-corrected chi connectivity index (χ4v) is 5.27. The Morgan fingerprint density at radius 3 is 2.46 bits per heavy atom. The van der Waals surface area contributed by atoms with E-state index in [0.717, 1.165) is 25.0 Å². The highest BCUT2D eigenvalue weighted by Crippen LogP contribution is 2.36. The summed E-state index contributed by atoms with van der Waals surface area (Å²) in [5.74, 6) is -4.67. The van der Waals surface area contributed by atoms with Gasteiger partial charge in [-0.25, -0.2) is 18.2 Å². The lowest BCUT2D eigenvalue weighted by Crippen LogP contribution is -2.43. The number of amides is 2. The highest BCUT2D eigenvalue weighted by Gasteiger charge is 2.37. The zero-order valence-electron chi connectivity index (χ0n) is 25.7. The van der Waals surface area contributed by atoms with Crippen molar-refractivity contribution in [3.8, 4) is 17.0 Å². The molecule has 0 unspecified atom stereocenters. The molecule has 13 heteroatoms. The van der Waals surface area contributed by atoms with Crippen molar-refractivity contribution < 1.29 is 32.6 Å². The van der Waals surface area contributed by atoms with Crippen molar-refractivity contribution in [3.63, 3.8) is 0 Å². The summed E-state index contributed by atoms with van der Waals surface area (Å²) in [6.07, 6.45) is 4.92. The van der Waals surface area contributed by atoms with Crippen LogP contribution >= 0.6 is 11.6 Å². The number of nitrogen functional groups attached to an aromatic ring is 1. The Kier molecular flexibility index (Phi) is 9.13. The molecule has 2 amide bonds. The van der Waals surface area contributed by atoms with Crippen LogP contribution in [0.25, 0.3) is 11.3 Å². The number of nitrogens with two attached hydrogens (primary N) is 1. The van der Waals surface area contributed by atoms with Gasteiger partial charge in [-0.1, -0.05) is 41.9 Å². The zero-order valence-corrected chi connectivity index (χ0v) is 26.5. The number of methoxy groups -OCH3 is 1. The number of aliphatic imine (C=N–C) groups is 1. The van der Waals surface area contributed by atoms with Crippen LogP contribution in [0.5, 0.6) is 5.75 Å². The van der Waals surface area contributed by atoms with E-state index in [2.05, 4.69) is 20.6 Å². The van der Waals surface area contributed by atoms with Gasteiger partial charge in [-0.15, -0.1) is 0 Å². The van der Waals surface area contributed by atoms with Gasteiger partial charge >= 0.3 is 0 Å². The average molecular weight is 678 g/mol. The summed E-state index contributed by atoms with van der Waals surface area (Å²) in [7, 11) is 1.41. The van der Waals surface area contributed by atoms with Gasteiger partial charge in [-0.2, -0.15) is 0 Å². The standard InChI is InChI=1S/C35H31ClF3N5O4/c1-48-28-12-18(11-19(31(28)40)16-41-21-7-8-21)33(45)42-17-35(47,20-5-3-2-4-6-20)29-14-24(34(46)43-22-9-10-22)30(39)32(44-29)23-13-25(36)27(38)15-26(23)37/h2-6,11-16,21-22,47H,7-10,17,40H2,1H3,(H,42,45)(H,43,46)/t35-/m1/s1. The number of pyridine rings is 1. The maximum absolute atomic E-state index is 16.0. The van der Waals surface area contributed by atoms with Crippen LogP contribution in [-0.4, -0.2) is 53.9 Å². The molecule has 4 aromatic rings. The number of carbonyl (C=O) groups is 2. The Morgan fingerprint density at radius 2 is 1.79 bits per heavy atom. The molecule has 0 spiro atoms. The van der Waals surface area contributed by atoms with E-state index in [1.54, 1.807) is 36.5 Å². The lowest BCUT2D eigenvalue weighted by atomic mass is 9.88. The third-order valence-corrected chi connectivity index (χ3v) is 8.48. The summed E-state index contributed by atoms with van der Waals surface area (Å²) in [6, 6.07) is 13.5. The smallest absolute Gasteiger partial charge is 0.254 e. The molecule has 248 valence electrons. The number of halogens is 4. The van der Waals surface area contributed by atoms with E-state index in [1.807, 2.05) is 0 Å². The molecular formula is C35H31ClF3N5O4. The molecular weight excluding hydrogens is 647 g/mol. The Hall–Kier alpha value is -4.94. The molecule has 0 aliphatic heterocycles. The van der Waals surface area contributed by atoms with Gasteiger partial charge in [0.2, 0.25) is 0 Å². The highest BCUT2D eigenvalue weighted by molar-refractivity contribution is 6.31. The molecule has 2 aliphatic rings. The number of rotatable bonds is 11. The predicted molar refractivity (Wildman–Crippen MR) is 175 cm³/mol. The number of anilines is 1. The molecule has 5 N–H and O–H groups in total. The highest BCUT2D eigenvalue weighted by atomic mass is 35.5. The normalized spacial score (nSPS) is 15.6. The number of nitrogens with one attached hydrogen (secondary N) is 2. The Bertz CT molecular complexity index is 1940. The Balaban J connectivity index is 1.43. The van der Waals surface area contributed by atoms with Crippen LogP contribution in [0, 0.1) is 17.5 Å². The van der Waals surface area contributed by atoms with Crippen LogP contribution in [0.2, 0.25) is 5.02 Å². The molecule has 0 radical (unpaired) electrons. The van der Waals surface area contributed by atoms with Crippen LogP contribution in [-0.2, 0) is 5.60 Å². The fourth-order valence-electron chi connectivity index (χ4n) is 5.11. The van der Waals surface area contributed by atoms with E-state index in [0.29, 0.717) is 30.2 Å². The Morgan fingerprint density at radius 1 is 1.06 bits per heavy atom. The lowest BCUT2D eigenvalue weighted by molar-refractivity contribution is 0.0664. The van der Waals surface area contributed by atoms with Crippen LogP contribution in [0.1, 0.15) is 63.2 Å². The van der Waals surface area contributed by atoms with Crippen molar-refractivity contribution in [2.75, 3.05) is 19.4 Å². The first-order valence-corrected chi connectivity index (χ1v) is 15.6. The van der Waals surface area contributed by atoms with Gasteiger partial charge in [0.15, 0.2) is 5.82 Å². The average Bonchev–Trinajstić information content (AvgIpc) is 4.02. The van der Waals surface area contributed by atoms with E-state index in [4.69, 9.17) is 22.1 Å². The van der Waals surface area contributed by atoms with Gasteiger partial charge in [0.05, 0.1) is 41.7 Å². The number of ether oxygens (including phenoxy) is 1. The molecule has 0 saturated heterocycles.